The Kier molecular flexibility index (Phi) is 3.97. The van der Waals surface area contributed by atoms with Gasteiger partial charge in [0, 0.05) is 18.8 Å². The first-order chi connectivity index (χ1) is 9.48. The van der Waals surface area contributed by atoms with Gasteiger partial charge in [-0.25, -0.2) is 4.79 Å². The summed E-state index contributed by atoms with van der Waals surface area (Å²) < 4.78 is 0. The van der Waals surface area contributed by atoms with Crippen LogP contribution in [0.2, 0.25) is 0 Å². The maximum absolute atomic E-state index is 12.2. The molecule has 5 nitrogen and oxygen atoms in total. The number of carbonyl (C=O) groups is 2. The number of anilines is 1. The Bertz CT molecular complexity index is 530. The number of benzene rings is 1. The van der Waals surface area contributed by atoms with E-state index in [0.717, 1.165) is 17.7 Å². The van der Waals surface area contributed by atoms with Crippen molar-refractivity contribution in [1.29, 1.82) is 0 Å². The molecule has 1 atom stereocenters. The maximum atomic E-state index is 12.2. The van der Waals surface area contributed by atoms with Crippen LogP contribution >= 0.6 is 0 Å². The van der Waals surface area contributed by atoms with E-state index < -0.39 is 11.4 Å². The average Bonchev–Trinajstić information content (AvgIpc) is 2.88. The van der Waals surface area contributed by atoms with Crippen LogP contribution in [0.3, 0.4) is 0 Å². The van der Waals surface area contributed by atoms with Gasteiger partial charge in [0.25, 0.3) is 0 Å². The van der Waals surface area contributed by atoms with Crippen molar-refractivity contribution in [3.05, 3.63) is 29.8 Å². The van der Waals surface area contributed by atoms with E-state index in [1.165, 1.54) is 0 Å². The highest BCUT2D eigenvalue weighted by Gasteiger charge is 2.33. The van der Waals surface area contributed by atoms with Crippen LogP contribution in [0.4, 0.5) is 10.5 Å². The Balaban J connectivity index is 2.02. The molecule has 1 heterocycles. The minimum absolute atomic E-state index is 0.135. The van der Waals surface area contributed by atoms with Crippen LogP contribution in [0, 0.1) is 5.41 Å². The summed E-state index contributed by atoms with van der Waals surface area (Å²) in [5.74, 6) is -0.887. The number of para-hydroxylation sites is 1. The zero-order valence-corrected chi connectivity index (χ0v) is 11.8. The predicted octanol–water partition coefficient (Wildman–Crippen LogP) is 2.26. The van der Waals surface area contributed by atoms with Gasteiger partial charge in [-0.15, -0.1) is 0 Å². The van der Waals surface area contributed by atoms with Crippen molar-refractivity contribution in [2.75, 3.05) is 18.0 Å². The van der Waals surface area contributed by atoms with Crippen molar-refractivity contribution in [3.8, 4) is 0 Å². The number of carbonyl (C=O) groups excluding carboxylic acids is 1. The molecule has 0 bridgehead atoms. The predicted molar refractivity (Wildman–Crippen MR) is 76.9 cm³/mol. The molecule has 20 heavy (non-hydrogen) atoms. The van der Waals surface area contributed by atoms with E-state index in [2.05, 4.69) is 5.32 Å². The van der Waals surface area contributed by atoms with Crippen molar-refractivity contribution in [1.82, 2.24) is 5.32 Å². The van der Waals surface area contributed by atoms with Gasteiger partial charge in [-0.1, -0.05) is 25.1 Å². The van der Waals surface area contributed by atoms with Gasteiger partial charge in [0.15, 0.2) is 0 Å². The molecule has 2 N–H and O–H groups in total. The van der Waals surface area contributed by atoms with Crippen molar-refractivity contribution in [3.63, 3.8) is 0 Å². The molecule has 2 rings (SSSR count). The second kappa shape index (κ2) is 5.53. The van der Waals surface area contributed by atoms with Crippen molar-refractivity contribution in [2.45, 2.75) is 26.7 Å². The quantitative estimate of drug-likeness (QED) is 0.886. The first-order valence-corrected chi connectivity index (χ1v) is 6.84. The minimum Gasteiger partial charge on any atom is -0.481 e. The normalized spacial score (nSPS) is 16.4. The number of carboxylic acid groups (broad SMARTS) is 1. The second-order valence-electron chi connectivity index (χ2n) is 5.41. The van der Waals surface area contributed by atoms with E-state index in [1.54, 1.807) is 11.8 Å². The summed E-state index contributed by atoms with van der Waals surface area (Å²) in [4.78, 5) is 25.1. The van der Waals surface area contributed by atoms with Crippen LogP contribution in [0.1, 0.15) is 25.8 Å². The Morgan fingerprint density at radius 2 is 2.10 bits per heavy atom. The van der Waals surface area contributed by atoms with E-state index in [9.17, 15) is 14.7 Å². The molecule has 1 aliphatic rings. The monoisotopic (exact) mass is 276 g/mol. The SMILES string of the molecule is CC[C@](C)(CNC(=O)N1CCc2ccccc21)C(=O)O. The van der Waals surface area contributed by atoms with E-state index in [4.69, 9.17) is 0 Å². The standard InChI is InChI=1S/C15H20N2O3/c1-3-15(2,13(18)19)10-16-14(20)17-9-8-11-6-4-5-7-12(11)17/h4-7H,3,8-10H2,1-2H3,(H,16,20)(H,18,19)/t15-/m1/s1. The fraction of sp³-hybridized carbons (Fsp3) is 0.467. The number of urea groups is 1. The molecule has 0 aromatic heterocycles. The summed E-state index contributed by atoms with van der Waals surface area (Å²) in [6.07, 6.45) is 1.31. The molecule has 0 fully saturated rings. The number of nitrogens with zero attached hydrogens (tertiary/aromatic N) is 1. The van der Waals surface area contributed by atoms with Crippen LogP contribution in [0.5, 0.6) is 0 Å². The fourth-order valence-corrected chi connectivity index (χ4v) is 2.27. The molecule has 1 aliphatic heterocycles. The number of carboxylic acids is 1. The van der Waals surface area contributed by atoms with E-state index in [-0.39, 0.29) is 12.6 Å². The van der Waals surface area contributed by atoms with Gasteiger partial charge in [0.2, 0.25) is 0 Å². The Labute approximate surface area is 118 Å². The molecule has 0 saturated carbocycles. The molecule has 108 valence electrons. The van der Waals surface area contributed by atoms with E-state index in [1.807, 2.05) is 31.2 Å². The molecule has 0 spiro atoms. The lowest BCUT2D eigenvalue weighted by Crippen LogP contribution is -2.46. The van der Waals surface area contributed by atoms with Crippen molar-refractivity contribution >= 4 is 17.7 Å². The Hall–Kier alpha value is -2.04. The highest BCUT2D eigenvalue weighted by Crippen LogP contribution is 2.27. The van der Waals surface area contributed by atoms with Gasteiger partial charge in [0.05, 0.1) is 5.41 Å². The molecule has 0 saturated heterocycles. The third-order valence-corrected chi connectivity index (χ3v) is 4.06. The second-order valence-corrected chi connectivity index (χ2v) is 5.41. The van der Waals surface area contributed by atoms with Crippen molar-refractivity contribution in [2.24, 2.45) is 5.41 Å². The smallest absolute Gasteiger partial charge is 0.321 e. The van der Waals surface area contributed by atoms with E-state index in [0.29, 0.717) is 13.0 Å². The zero-order chi connectivity index (χ0) is 14.8. The van der Waals surface area contributed by atoms with Crippen LogP contribution < -0.4 is 10.2 Å². The lowest BCUT2D eigenvalue weighted by atomic mass is 9.88. The number of hydrogen-bond acceptors (Lipinski definition) is 2. The topological polar surface area (TPSA) is 69.6 Å². The Morgan fingerprint density at radius 3 is 2.75 bits per heavy atom. The molecular formula is C15H20N2O3. The molecule has 5 heteroatoms. The van der Waals surface area contributed by atoms with Crippen LogP contribution in [0.15, 0.2) is 24.3 Å². The molecule has 1 aromatic carbocycles. The lowest BCUT2D eigenvalue weighted by molar-refractivity contribution is -0.147. The summed E-state index contributed by atoms with van der Waals surface area (Å²) in [6, 6.07) is 7.56. The summed E-state index contributed by atoms with van der Waals surface area (Å²) >= 11 is 0. The minimum atomic E-state index is -0.922. The largest absolute Gasteiger partial charge is 0.481 e. The summed E-state index contributed by atoms with van der Waals surface area (Å²) in [5.41, 5.74) is 1.15. The highest BCUT2D eigenvalue weighted by atomic mass is 16.4. The number of nitrogens with one attached hydrogen (secondary N) is 1. The van der Waals surface area contributed by atoms with Gasteiger partial charge < -0.3 is 10.4 Å². The van der Waals surface area contributed by atoms with E-state index >= 15 is 0 Å². The van der Waals surface area contributed by atoms with Gasteiger partial charge in [-0.05, 0) is 31.4 Å². The molecule has 2 amide bonds. The molecular weight excluding hydrogens is 256 g/mol. The zero-order valence-electron chi connectivity index (χ0n) is 11.8. The van der Waals surface area contributed by atoms with Gasteiger partial charge in [0.1, 0.15) is 0 Å². The van der Waals surface area contributed by atoms with Crippen molar-refractivity contribution < 1.29 is 14.7 Å². The van der Waals surface area contributed by atoms with Gasteiger partial charge >= 0.3 is 12.0 Å². The number of fused-ring (bicyclic) bond motifs is 1. The Morgan fingerprint density at radius 1 is 1.40 bits per heavy atom. The number of aliphatic carboxylic acids is 1. The first kappa shape index (κ1) is 14.4. The molecule has 0 aliphatic carbocycles. The van der Waals surface area contributed by atoms with Crippen LogP contribution in [-0.2, 0) is 11.2 Å². The number of amides is 2. The average molecular weight is 276 g/mol. The summed E-state index contributed by atoms with van der Waals surface area (Å²) in [7, 11) is 0. The van der Waals surface area contributed by atoms with Gasteiger partial charge in [-0.3, -0.25) is 9.69 Å². The summed E-state index contributed by atoms with van der Waals surface area (Å²) in [5, 5.41) is 11.9. The maximum Gasteiger partial charge on any atom is 0.321 e. The number of hydrogen-bond donors (Lipinski definition) is 2. The first-order valence-electron chi connectivity index (χ1n) is 6.84. The summed E-state index contributed by atoms with van der Waals surface area (Å²) in [6.45, 7) is 4.23. The van der Waals surface area contributed by atoms with Crippen LogP contribution in [-0.4, -0.2) is 30.2 Å². The molecule has 1 aromatic rings. The fourth-order valence-electron chi connectivity index (χ4n) is 2.27. The third kappa shape index (κ3) is 2.61. The van der Waals surface area contributed by atoms with Crippen LogP contribution in [0.25, 0.3) is 0 Å². The number of rotatable bonds is 4. The van der Waals surface area contributed by atoms with Gasteiger partial charge in [-0.2, -0.15) is 0 Å². The third-order valence-electron chi connectivity index (χ3n) is 4.06. The molecule has 0 radical (unpaired) electrons. The molecule has 0 unspecified atom stereocenters. The highest BCUT2D eigenvalue weighted by molar-refractivity contribution is 5.94. The lowest BCUT2D eigenvalue weighted by Gasteiger charge is -2.25.